The summed E-state index contributed by atoms with van der Waals surface area (Å²) in [5, 5.41) is 15.3. The molecule has 0 saturated carbocycles. The van der Waals surface area contributed by atoms with E-state index in [1.54, 1.807) is 0 Å². The van der Waals surface area contributed by atoms with Crippen molar-refractivity contribution < 1.29 is 14.4 Å². The monoisotopic (exact) mass is 506 g/mol. The number of benzene rings is 3. The molecule has 2 aliphatic heterocycles. The van der Waals surface area contributed by atoms with Crippen LogP contribution in [0.2, 0.25) is 0 Å². The Kier molecular flexibility index (Phi) is 5.40. The molecule has 0 saturated heterocycles. The standard InChI is InChI=1S/C35H40NO2/c1-9-35(8)34(7,15-17-37)30-25-13-11-10-12-24(25)26(20-33(4,5)6)32-29(30)31-28-22(14-16-36(31)35)18-23(21(2)3)19-27(28)38-32/h9-14,16,18-19,21,37H,1,15,17,20H2,2-8H3/q+1. The number of allylic oxidation sites excluding steroid dienone is 1. The topological polar surface area (TPSA) is 33.3 Å². The molecule has 3 heteroatoms. The van der Waals surface area contributed by atoms with E-state index in [1.165, 1.54) is 49.5 Å². The largest absolute Gasteiger partial charge is 0.455 e. The molecule has 3 aromatic carbocycles. The molecule has 196 valence electrons. The van der Waals surface area contributed by atoms with Crippen LogP contribution in [-0.4, -0.2) is 11.7 Å². The lowest BCUT2D eigenvalue weighted by Crippen LogP contribution is -2.67. The summed E-state index contributed by atoms with van der Waals surface area (Å²) in [5.74, 6) is 2.33. The first-order valence-corrected chi connectivity index (χ1v) is 14.0. The van der Waals surface area contributed by atoms with Gasteiger partial charge in [0.2, 0.25) is 5.69 Å². The van der Waals surface area contributed by atoms with Gasteiger partial charge in [-0.3, -0.25) is 0 Å². The molecule has 0 amide bonds. The van der Waals surface area contributed by atoms with Crippen molar-refractivity contribution in [1.29, 1.82) is 0 Å². The van der Waals surface area contributed by atoms with Crippen molar-refractivity contribution in [2.24, 2.45) is 5.41 Å². The third kappa shape index (κ3) is 3.21. The van der Waals surface area contributed by atoms with Crippen LogP contribution in [0.4, 0.5) is 0 Å². The predicted octanol–water partition coefficient (Wildman–Crippen LogP) is 8.32. The second-order valence-electron chi connectivity index (χ2n) is 13.3. The van der Waals surface area contributed by atoms with Crippen LogP contribution in [0.3, 0.4) is 0 Å². The van der Waals surface area contributed by atoms with Crippen molar-refractivity contribution in [3.8, 4) is 22.8 Å². The summed E-state index contributed by atoms with van der Waals surface area (Å²) in [4.78, 5) is 0. The first kappa shape index (κ1) is 25.1. The maximum absolute atomic E-state index is 10.4. The molecule has 2 atom stereocenters. The maximum atomic E-state index is 10.4. The number of pyridine rings is 1. The van der Waals surface area contributed by atoms with E-state index in [0.29, 0.717) is 12.3 Å². The van der Waals surface area contributed by atoms with E-state index in [4.69, 9.17) is 4.74 Å². The molecule has 0 fully saturated rings. The van der Waals surface area contributed by atoms with Crippen LogP contribution in [0.5, 0.6) is 11.5 Å². The van der Waals surface area contributed by atoms with Crippen molar-refractivity contribution >= 4 is 21.5 Å². The van der Waals surface area contributed by atoms with Crippen molar-refractivity contribution in [3.05, 3.63) is 78.0 Å². The third-order valence-electron chi connectivity index (χ3n) is 9.31. The van der Waals surface area contributed by atoms with Gasteiger partial charge in [-0.1, -0.05) is 71.5 Å². The Balaban J connectivity index is 1.89. The SMILES string of the molecule is C=CC1(C)[n+]2ccc3cc(C(C)C)cc4c3c2-c2c(c(CC(C)(C)C)c3ccccc3c2C1(C)CCO)O4. The first-order valence-electron chi connectivity index (χ1n) is 14.0. The zero-order chi connectivity index (χ0) is 27.2. The molecule has 0 bridgehead atoms. The molecule has 6 rings (SSSR count). The lowest BCUT2D eigenvalue weighted by molar-refractivity contribution is -0.750. The molecule has 3 nitrogen and oxygen atoms in total. The van der Waals surface area contributed by atoms with Crippen molar-refractivity contribution in [2.45, 2.75) is 78.2 Å². The van der Waals surface area contributed by atoms with E-state index < -0.39 is 11.0 Å². The van der Waals surface area contributed by atoms with Gasteiger partial charge in [-0.05, 0) is 70.5 Å². The molecule has 2 unspecified atom stereocenters. The molecule has 38 heavy (non-hydrogen) atoms. The van der Waals surface area contributed by atoms with Gasteiger partial charge in [0.1, 0.15) is 11.5 Å². The average molecular weight is 507 g/mol. The molecule has 0 aliphatic carbocycles. The summed E-state index contributed by atoms with van der Waals surface area (Å²) in [6.07, 6.45) is 5.84. The Morgan fingerprint density at radius 3 is 2.42 bits per heavy atom. The number of ether oxygens (including phenoxy) is 1. The van der Waals surface area contributed by atoms with Crippen LogP contribution < -0.4 is 9.30 Å². The van der Waals surface area contributed by atoms with Gasteiger partial charge >= 0.3 is 0 Å². The Morgan fingerprint density at radius 2 is 1.79 bits per heavy atom. The Bertz CT molecular complexity index is 1640. The van der Waals surface area contributed by atoms with E-state index in [0.717, 1.165) is 17.9 Å². The normalized spacial score (nSPS) is 21.7. The molecule has 1 N–H and O–H groups in total. The number of aromatic nitrogens is 1. The number of hydrogen-bond acceptors (Lipinski definition) is 2. The summed E-state index contributed by atoms with van der Waals surface area (Å²) in [6, 6.07) is 15.6. The third-order valence-corrected chi connectivity index (χ3v) is 9.31. The van der Waals surface area contributed by atoms with Gasteiger partial charge in [0.05, 0.1) is 16.4 Å². The quantitative estimate of drug-likeness (QED) is 0.192. The predicted molar refractivity (Wildman–Crippen MR) is 157 cm³/mol. The van der Waals surface area contributed by atoms with Crippen LogP contribution in [-0.2, 0) is 17.4 Å². The van der Waals surface area contributed by atoms with E-state index in [2.05, 4.69) is 114 Å². The average Bonchev–Trinajstić information content (AvgIpc) is 2.87. The number of aliphatic hydroxyl groups is 1. The molecule has 0 spiro atoms. The van der Waals surface area contributed by atoms with Crippen LogP contribution >= 0.6 is 0 Å². The zero-order valence-electron chi connectivity index (χ0n) is 23.9. The van der Waals surface area contributed by atoms with Crippen LogP contribution in [0.25, 0.3) is 32.8 Å². The van der Waals surface area contributed by atoms with Crippen molar-refractivity contribution in [3.63, 3.8) is 0 Å². The Hall–Kier alpha value is -3.17. The molecule has 1 aromatic heterocycles. The number of nitrogens with zero attached hydrogens (tertiary/aromatic N) is 1. The van der Waals surface area contributed by atoms with Gasteiger partial charge in [0, 0.05) is 25.2 Å². The minimum atomic E-state index is -0.455. The van der Waals surface area contributed by atoms with Gasteiger partial charge in [-0.2, -0.15) is 4.57 Å². The second kappa shape index (κ2) is 8.16. The summed E-state index contributed by atoms with van der Waals surface area (Å²) in [6.45, 7) is 20.4. The van der Waals surface area contributed by atoms with Crippen molar-refractivity contribution in [1.82, 2.24) is 0 Å². The van der Waals surface area contributed by atoms with E-state index in [1.807, 2.05) is 0 Å². The first-order chi connectivity index (χ1) is 17.9. The highest BCUT2D eigenvalue weighted by atomic mass is 16.5. The summed E-state index contributed by atoms with van der Waals surface area (Å²) in [5.41, 5.74) is 5.44. The number of rotatable bonds is 5. The van der Waals surface area contributed by atoms with Crippen LogP contribution in [0, 0.1) is 5.41 Å². The Labute approximate surface area is 226 Å². The van der Waals surface area contributed by atoms with Crippen LogP contribution in [0.15, 0.2) is 61.3 Å². The molecular formula is C35H40NO2+. The molecular weight excluding hydrogens is 466 g/mol. The fourth-order valence-corrected chi connectivity index (χ4v) is 7.10. The summed E-state index contributed by atoms with van der Waals surface area (Å²) >= 11 is 0. The summed E-state index contributed by atoms with van der Waals surface area (Å²) in [7, 11) is 0. The summed E-state index contributed by atoms with van der Waals surface area (Å²) < 4.78 is 9.48. The Morgan fingerprint density at radius 1 is 1.08 bits per heavy atom. The lowest BCUT2D eigenvalue weighted by Gasteiger charge is -2.47. The molecule has 4 aromatic rings. The minimum absolute atomic E-state index is 0.0810. The maximum Gasteiger partial charge on any atom is 0.229 e. The second-order valence-corrected chi connectivity index (χ2v) is 13.3. The fraction of sp³-hybridized carbons (Fsp3) is 0.400. The number of hydrogen-bond donors (Lipinski definition) is 1. The van der Waals surface area contributed by atoms with Gasteiger partial charge in [-0.25, -0.2) is 0 Å². The highest BCUT2D eigenvalue weighted by molar-refractivity contribution is 6.08. The van der Waals surface area contributed by atoms with Gasteiger partial charge in [-0.15, -0.1) is 0 Å². The lowest BCUT2D eigenvalue weighted by atomic mass is 9.59. The highest BCUT2D eigenvalue weighted by Crippen LogP contribution is 2.60. The number of fused-ring (bicyclic) bond motifs is 2. The number of aliphatic hydroxyl groups excluding tert-OH is 1. The molecule has 2 aliphatic rings. The van der Waals surface area contributed by atoms with E-state index in [-0.39, 0.29) is 12.0 Å². The fourth-order valence-electron chi connectivity index (χ4n) is 7.10. The van der Waals surface area contributed by atoms with Crippen LogP contribution in [0.1, 0.15) is 77.5 Å². The van der Waals surface area contributed by atoms with Crippen molar-refractivity contribution in [2.75, 3.05) is 6.61 Å². The smallest absolute Gasteiger partial charge is 0.229 e. The zero-order valence-corrected chi connectivity index (χ0v) is 23.9. The minimum Gasteiger partial charge on any atom is -0.455 e. The molecule has 0 radical (unpaired) electrons. The molecule has 3 heterocycles. The van der Waals surface area contributed by atoms with Gasteiger partial charge in [0.15, 0.2) is 11.7 Å². The van der Waals surface area contributed by atoms with E-state index >= 15 is 0 Å². The highest BCUT2D eigenvalue weighted by Gasteiger charge is 2.59. The van der Waals surface area contributed by atoms with Gasteiger partial charge in [0.25, 0.3) is 0 Å². The van der Waals surface area contributed by atoms with Gasteiger partial charge < -0.3 is 9.84 Å². The van der Waals surface area contributed by atoms with E-state index in [9.17, 15) is 5.11 Å².